The van der Waals surface area contributed by atoms with Crippen molar-refractivity contribution in [2.45, 2.75) is 52.4 Å². The van der Waals surface area contributed by atoms with Crippen LogP contribution in [0.5, 0.6) is 0 Å². The molecular formula is C30H37N3O2. The van der Waals surface area contributed by atoms with E-state index in [4.69, 9.17) is 0 Å². The van der Waals surface area contributed by atoms with Crippen molar-refractivity contribution in [2.24, 2.45) is 28.3 Å². The van der Waals surface area contributed by atoms with Gasteiger partial charge in [-0.05, 0) is 54.1 Å². The zero-order valence-corrected chi connectivity index (χ0v) is 21.0. The lowest BCUT2D eigenvalue weighted by Crippen LogP contribution is -2.38. The molecule has 1 saturated carbocycles. The maximum Gasteiger partial charge on any atom is 0.259 e. The summed E-state index contributed by atoms with van der Waals surface area (Å²) in [5, 5.41) is 7.04. The third kappa shape index (κ3) is 6.08. The van der Waals surface area contributed by atoms with E-state index < -0.39 is 5.92 Å². The van der Waals surface area contributed by atoms with Crippen molar-refractivity contribution in [2.75, 3.05) is 6.54 Å². The Balaban J connectivity index is 1.32. The summed E-state index contributed by atoms with van der Waals surface area (Å²) in [5.41, 5.74) is 6.31. The first-order valence-electron chi connectivity index (χ1n) is 12.7. The molecule has 5 nitrogen and oxygen atoms in total. The van der Waals surface area contributed by atoms with Crippen LogP contribution in [-0.4, -0.2) is 24.6 Å². The van der Waals surface area contributed by atoms with Gasteiger partial charge in [-0.2, -0.15) is 5.10 Å². The summed E-state index contributed by atoms with van der Waals surface area (Å²) in [6.45, 7) is 6.95. The van der Waals surface area contributed by atoms with Crippen molar-refractivity contribution in [3.63, 3.8) is 0 Å². The Kier molecular flexibility index (Phi) is 7.84. The zero-order valence-electron chi connectivity index (χ0n) is 21.0. The highest BCUT2D eigenvalue weighted by molar-refractivity contribution is 5.90. The number of amides is 2. The fourth-order valence-electron chi connectivity index (χ4n) is 5.66. The molecule has 0 heterocycles. The van der Waals surface area contributed by atoms with Crippen molar-refractivity contribution < 1.29 is 9.59 Å². The largest absolute Gasteiger partial charge is 0.346 e. The third-order valence-corrected chi connectivity index (χ3v) is 7.80. The number of fused-ring (bicyclic) bond motifs is 1. The summed E-state index contributed by atoms with van der Waals surface area (Å²) in [7, 11) is 0. The minimum Gasteiger partial charge on any atom is -0.346 e. The number of carbonyl (C=O) groups is 2. The van der Waals surface area contributed by atoms with Crippen LogP contribution < -0.4 is 10.7 Å². The SMILES string of the molecule is C[C@H]1C[C@@H]2C(=CCCC2(C)C)C[C@@H]1/C=N\NC(=O)CNC(=O)C(c1ccccc1)c1ccccc1. The van der Waals surface area contributed by atoms with Crippen LogP contribution in [0, 0.1) is 23.2 Å². The second-order valence-electron chi connectivity index (χ2n) is 10.7. The molecule has 2 amide bonds. The fraction of sp³-hybridized carbons (Fsp3) is 0.433. The molecule has 5 heteroatoms. The number of nitrogens with zero attached hydrogens (tertiary/aromatic N) is 1. The second kappa shape index (κ2) is 11.0. The number of hydrazone groups is 1. The average Bonchev–Trinajstić information content (AvgIpc) is 2.85. The molecule has 0 bridgehead atoms. The fourth-order valence-corrected chi connectivity index (χ4v) is 5.66. The van der Waals surface area contributed by atoms with Gasteiger partial charge in [-0.25, -0.2) is 5.43 Å². The number of hydrogen-bond acceptors (Lipinski definition) is 3. The summed E-state index contributed by atoms with van der Waals surface area (Å²) in [4.78, 5) is 25.5. The molecule has 0 radical (unpaired) electrons. The van der Waals surface area contributed by atoms with Crippen molar-refractivity contribution in [3.8, 4) is 0 Å². The molecule has 2 aromatic carbocycles. The van der Waals surface area contributed by atoms with Crippen LogP contribution in [0.25, 0.3) is 0 Å². The molecule has 0 unspecified atom stereocenters. The maximum atomic E-state index is 13.1. The lowest BCUT2D eigenvalue weighted by molar-refractivity contribution is -0.126. The highest BCUT2D eigenvalue weighted by atomic mass is 16.2. The van der Waals surface area contributed by atoms with Gasteiger partial charge in [-0.15, -0.1) is 0 Å². The normalized spacial score (nSPS) is 23.4. The number of hydrogen-bond donors (Lipinski definition) is 2. The van der Waals surface area contributed by atoms with Gasteiger partial charge < -0.3 is 5.32 Å². The Morgan fingerprint density at radius 2 is 1.69 bits per heavy atom. The van der Waals surface area contributed by atoms with E-state index in [9.17, 15) is 9.59 Å². The minimum absolute atomic E-state index is 0.117. The molecule has 0 saturated heterocycles. The van der Waals surface area contributed by atoms with E-state index in [0.717, 1.165) is 24.0 Å². The van der Waals surface area contributed by atoms with E-state index in [-0.39, 0.29) is 18.4 Å². The summed E-state index contributed by atoms with van der Waals surface area (Å²) in [6.07, 6.45) is 8.90. The van der Waals surface area contributed by atoms with E-state index in [1.165, 1.54) is 12.8 Å². The number of carbonyl (C=O) groups excluding carboxylic acids is 2. The molecule has 1 fully saturated rings. The Hall–Kier alpha value is -3.21. The van der Waals surface area contributed by atoms with Gasteiger partial charge in [0.15, 0.2) is 0 Å². The first-order valence-corrected chi connectivity index (χ1v) is 12.7. The maximum absolute atomic E-state index is 13.1. The van der Waals surface area contributed by atoms with Crippen LogP contribution in [0.4, 0.5) is 0 Å². The van der Waals surface area contributed by atoms with Gasteiger partial charge in [0, 0.05) is 12.1 Å². The molecule has 4 rings (SSSR count). The van der Waals surface area contributed by atoms with Gasteiger partial charge in [0.2, 0.25) is 5.91 Å². The van der Waals surface area contributed by atoms with Crippen molar-refractivity contribution in [1.82, 2.24) is 10.7 Å². The van der Waals surface area contributed by atoms with Crippen LogP contribution >= 0.6 is 0 Å². The predicted octanol–water partition coefficient (Wildman–Crippen LogP) is 5.45. The van der Waals surface area contributed by atoms with Gasteiger partial charge in [-0.3, -0.25) is 9.59 Å². The smallest absolute Gasteiger partial charge is 0.259 e. The van der Waals surface area contributed by atoms with E-state index in [0.29, 0.717) is 23.2 Å². The molecule has 2 N–H and O–H groups in total. The first-order chi connectivity index (χ1) is 16.8. The molecule has 184 valence electrons. The van der Waals surface area contributed by atoms with Crippen LogP contribution in [0.2, 0.25) is 0 Å². The lowest BCUT2D eigenvalue weighted by Gasteiger charge is -2.46. The van der Waals surface area contributed by atoms with Gasteiger partial charge >= 0.3 is 0 Å². The molecule has 35 heavy (non-hydrogen) atoms. The highest BCUT2D eigenvalue weighted by Gasteiger charge is 2.40. The monoisotopic (exact) mass is 471 g/mol. The summed E-state index contributed by atoms with van der Waals surface area (Å²) < 4.78 is 0. The molecule has 0 aromatic heterocycles. The highest BCUT2D eigenvalue weighted by Crippen LogP contribution is 2.50. The van der Waals surface area contributed by atoms with Gasteiger partial charge in [-0.1, -0.05) is 93.1 Å². The van der Waals surface area contributed by atoms with Gasteiger partial charge in [0.1, 0.15) is 0 Å². The number of benzene rings is 2. The molecule has 3 atom stereocenters. The van der Waals surface area contributed by atoms with Crippen LogP contribution in [0.3, 0.4) is 0 Å². The Morgan fingerprint density at radius 3 is 2.31 bits per heavy atom. The van der Waals surface area contributed by atoms with E-state index >= 15 is 0 Å². The van der Waals surface area contributed by atoms with Crippen molar-refractivity contribution in [1.29, 1.82) is 0 Å². The first kappa shape index (κ1) is 24.9. The van der Waals surface area contributed by atoms with Crippen molar-refractivity contribution >= 4 is 18.0 Å². The number of nitrogens with one attached hydrogen (secondary N) is 2. The number of rotatable bonds is 7. The van der Waals surface area contributed by atoms with E-state index in [2.05, 4.69) is 42.7 Å². The Bertz CT molecular complexity index is 1040. The lowest BCUT2D eigenvalue weighted by atomic mass is 9.59. The third-order valence-electron chi connectivity index (χ3n) is 7.80. The molecule has 2 aliphatic rings. The molecule has 2 aromatic rings. The number of allylic oxidation sites excluding steroid dienone is 2. The Morgan fingerprint density at radius 1 is 1.06 bits per heavy atom. The van der Waals surface area contributed by atoms with Crippen molar-refractivity contribution in [3.05, 3.63) is 83.4 Å². The zero-order chi connectivity index (χ0) is 24.8. The van der Waals surface area contributed by atoms with E-state index in [1.54, 1.807) is 5.57 Å². The molecule has 0 spiro atoms. The van der Waals surface area contributed by atoms with E-state index in [1.807, 2.05) is 66.9 Å². The minimum atomic E-state index is -0.474. The van der Waals surface area contributed by atoms with Gasteiger partial charge in [0.25, 0.3) is 5.91 Å². The standard InChI is InChI=1S/C30H37N3O2/c1-21-17-26-24(15-10-16-30(26,2)3)18-25(21)19-32-33-27(34)20-31-29(35)28(22-11-6-4-7-12-22)23-13-8-5-9-14-23/h4-9,11-15,19,21,25-26,28H,10,16-18,20H2,1-3H3,(H,31,35)(H,33,34)/b32-19-/t21-,25+,26+/m0/s1. The molecule has 2 aliphatic carbocycles. The summed E-state index contributed by atoms with van der Waals surface area (Å²) >= 11 is 0. The van der Waals surface area contributed by atoms with Crippen LogP contribution in [0.15, 0.2) is 77.4 Å². The van der Waals surface area contributed by atoms with Crippen LogP contribution in [-0.2, 0) is 9.59 Å². The molecule has 0 aliphatic heterocycles. The van der Waals surface area contributed by atoms with Crippen LogP contribution in [0.1, 0.15) is 63.5 Å². The van der Waals surface area contributed by atoms with Gasteiger partial charge in [0.05, 0.1) is 12.5 Å². The quantitative estimate of drug-likeness (QED) is 0.320. The topological polar surface area (TPSA) is 70.6 Å². The summed E-state index contributed by atoms with van der Waals surface area (Å²) in [6, 6.07) is 19.2. The Labute approximate surface area is 209 Å². The molecular weight excluding hydrogens is 434 g/mol. The summed E-state index contributed by atoms with van der Waals surface area (Å²) in [5.74, 6) is 0.490. The second-order valence-corrected chi connectivity index (χ2v) is 10.7. The average molecular weight is 472 g/mol. The predicted molar refractivity (Wildman–Crippen MR) is 141 cm³/mol.